The number of aromatic amines is 1. The molecular formula is C11H16N4OS. The van der Waals surface area contributed by atoms with Crippen molar-refractivity contribution in [3.8, 4) is 0 Å². The van der Waals surface area contributed by atoms with Gasteiger partial charge in [-0.3, -0.25) is 9.13 Å². The number of aryl methyl sites for hydroxylation is 1. The van der Waals surface area contributed by atoms with Crippen molar-refractivity contribution in [2.45, 2.75) is 33.2 Å². The maximum Gasteiger partial charge on any atom is 0.330 e. The Morgan fingerprint density at radius 1 is 1.47 bits per heavy atom. The van der Waals surface area contributed by atoms with E-state index in [1.54, 1.807) is 11.6 Å². The third-order valence-corrected chi connectivity index (χ3v) is 3.34. The highest BCUT2D eigenvalue weighted by atomic mass is 32.1. The number of fused-ring (bicyclic) bond motifs is 1. The Morgan fingerprint density at radius 3 is 2.65 bits per heavy atom. The summed E-state index contributed by atoms with van der Waals surface area (Å²) in [6, 6.07) is 0. The number of rotatable bonds is 2. The van der Waals surface area contributed by atoms with Crippen LogP contribution in [0.4, 0.5) is 0 Å². The van der Waals surface area contributed by atoms with Crippen LogP contribution < -0.4 is 5.69 Å². The van der Waals surface area contributed by atoms with Gasteiger partial charge in [-0.2, -0.15) is 0 Å². The summed E-state index contributed by atoms with van der Waals surface area (Å²) in [7, 11) is 1.69. The van der Waals surface area contributed by atoms with Gasteiger partial charge >= 0.3 is 5.69 Å². The van der Waals surface area contributed by atoms with E-state index in [2.05, 4.69) is 23.8 Å². The first-order valence-electron chi connectivity index (χ1n) is 5.66. The number of aromatic nitrogens is 4. The van der Waals surface area contributed by atoms with Crippen LogP contribution in [0, 0.1) is 4.64 Å². The highest BCUT2D eigenvalue weighted by Gasteiger charge is 2.13. The van der Waals surface area contributed by atoms with Crippen molar-refractivity contribution in [1.29, 1.82) is 0 Å². The van der Waals surface area contributed by atoms with Crippen LogP contribution in [0.2, 0.25) is 0 Å². The first-order chi connectivity index (χ1) is 7.97. The number of hydrogen-bond donors (Lipinski definition) is 1. The van der Waals surface area contributed by atoms with Crippen LogP contribution >= 0.6 is 12.2 Å². The summed E-state index contributed by atoms with van der Waals surface area (Å²) in [5.41, 5.74) is 1.31. The van der Waals surface area contributed by atoms with Crippen molar-refractivity contribution in [2.24, 2.45) is 7.05 Å². The summed E-state index contributed by atoms with van der Waals surface area (Å²) in [5.74, 6) is 1.14. The fraction of sp³-hybridized carbons (Fsp3) is 0.545. The average molecular weight is 252 g/mol. The Kier molecular flexibility index (Phi) is 2.91. The van der Waals surface area contributed by atoms with Gasteiger partial charge in [-0.15, -0.1) is 0 Å². The van der Waals surface area contributed by atoms with Crippen molar-refractivity contribution >= 4 is 23.4 Å². The third kappa shape index (κ3) is 1.72. The fourth-order valence-electron chi connectivity index (χ4n) is 1.81. The van der Waals surface area contributed by atoms with Gasteiger partial charge in [-0.25, -0.2) is 9.78 Å². The van der Waals surface area contributed by atoms with E-state index in [4.69, 9.17) is 12.2 Å². The van der Waals surface area contributed by atoms with E-state index in [1.807, 2.05) is 6.92 Å². The molecule has 92 valence electrons. The molecule has 2 heterocycles. The molecule has 0 radical (unpaired) electrons. The van der Waals surface area contributed by atoms with Crippen LogP contribution in [0.5, 0.6) is 0 Å². The normalized spacial score (nSPS) is 11.6. The van der Waals surface area contributed by atoms with Gasteiger partial charge in [0.15, 0.2) is 5.65 Å². The fourth-order valence-corrected chi connectivity index (χ4v) is 2.03. The van der Waals surface area contributed by atoms with Crippen LogP contribution in [-0.2, 0) is 13.6 Å². The Morgan fingerprint density at radius 2 is 2.12 bits per heavy atom. The van der Waals surface area contributed by atoms with Crippen LogP contribution in [0.25, 0.3) is 11.2 Å². The van der Waals surface area contributed by atoms with Gasteiger partial charge in [-0.05, 0) is 6.92 Å². The summed E-state index contributed by atoms with van der Waals surface area (Å²) in [6.45, 7) is 6.61. The minimum Gasteiger partial charge on any atom is -0.338 e. The molecule has 0 aliphatic carbocycles. The maximum absolute atomic E-state index is 12.0. The van der Waals surface area contributed by atoms with E-state index in [-0.39, 0.29) is 11.6 Å². The topological polar surface area (TPSA) is 55.6 Å². The van der Waals surface area contributed by atoms with Crippen molar-refractivity contribution in [2.75, 3.05) is 0 Å². The predicted molar refractivity (Wildman–Crippen MR) is 69.9 cm³/mol. The second-order valence-corrected chi connectivity index (χ2v) is 4.75. The zero-order chi connectivity index (χ0) is 12.7. The molecule has 0 fully saturated rings. The summed E-state index contributed by atoms with van der Waals surface area (Å²) in [6.07, 6.45) is 0. The largest absolute Gasteiger partial charge is 0.338 e. The Bertz CT molecular complexity index is 677. The molecule has 0 spiro atoms. The molecule has 0 aromatic carbocycles. The van der Waals surface area contributed by atoms with Crippen molar-refractivity contribution in [1.82, 2.24) is 19.1 Å². The Balaban J connectivity index is 2.97. The Hall–Kier alpha value is -1.43. The van der Waals surface area contributed by atoms with Gasteiger partial charge in [0.1, 0.15) is 16.0 Å². The highest BCUT2D eigenvalue weighted by Crippen LogP contribution is 2.16. The van der Waals surface area contributed by atoms with Crippen LogP contribution in [0.1, 0.15) is 32.5 Å². The smallest absolute Gasteiger partial charge is 0.330 e. The molecule has 5 nitrogen and oxygen atoms in total. The van der Waals surface area contributed by atoms with Gasteiger partial charge in [0.2, 0.25) is 0 Å². The number of nitrogens with zero attached hydrogens (tertiary/aromatic N) is 3. The molecule has 6 heteroatoms. The van der Waals surface area contributed by atoms with Crippen LogP contribution in [-0.4, -0.2) is 19.1 Å². The van der Waals surface area contributed by atoms with Crippen molar-refractivity contribution in [3.63, 3.8) is 0 Å². The lowest BCUT2D eigenvalue weighted by atomic mass is 10.2. The second kappa shape index (κ2) is 4.10. The predicted octanol–water partition coefficient (Wildman–Crippen LogP) is 1.94. The molecule has 0 unspecified atom stereocenters. The van der Waals surface area contributed by atoms with E-state index in [1.165, 1.54) is 4.57 Å². The van der Waals surface area contributed by atoms with Crippen LogP contribution in [0.3, 0.4) is 0 Å². The SMILES string of the molecule is CCn1c(=O)n(C)c(=S)c2[nH]c(C(C)C)nc21. The van der Waals surface area contributed by atoms with Gasteiger partial charge in [0, 0.05) is 19.5 Å². The van der Waals surface area contributed by atoms with E-state index in [0.29, 0.717) is 16.8 Å². The molecule has 0 atom stereocenters. The number of imidazole rings is 1. The maximum atomic E-state index is 12.0. The lowest BCUT2D eigenvalue weighted by molar-refractivity contribution is 0.659. The molecule has 0 saturated carbocycles. The minimum atomic E-state index is -0.119. The lowest BCUT2D eigenvalue weighted by Crippen LogP contribution is -2.29. The summed E-state index contributed by atoms with van der Waals surface area (Å²) < 4.78 is 3.62. The van der Waals surface area contributed by atoms with E-state index >= 15 is 0 Å². The van der Waals surface area contributed by atoms with Crippen molar-refractivity contribution < 1.29 is 0 Å². The number of H-pyrrole nitrogens is 1. The molecule has 17 heavy (non-hydrogen) atoms. The minimum absolute atomic E-state index is 0.119. The van der Waals surface area contributed by atoms with Gasteiger partial charge < -0.3 is 4.98 Å². The monoisotopic (exact) mass is 252 g/mol. The first kappa shape index (κ1) is 12.0. The lowest BCUT2D eigenvalue weighted by Gasteiger charge is -2.05. The van der Waals surface area contributed by atoms with E-state index in [9.17, 15) is 4.79 Å². The third-order valence-electron chi connectivity index (χ3n) is 2.86. The molecule has 0 aliphatic heterocycles. The molecule has 2 rings (SSSR count). The molecule has 0 bridgehead atoms. The molecule has 0 saturated heterocycles. The van der Waals surface area contributed by atoms with E-state index in [0.717, 1.165) is 11.3 Å². The highest BCUT2D eigenvalue weighted by molar-refractivity contribution is 7.71. The zero-order valence-corrected chi connectivity index (χ0v) is 11.3. The number of hydrogen-bond acceptors (Lipinski definition) is 3. The molecule has 2 aromatic heterocycles. The van der Waals surface area contributed by atoms with E-state index < -0.39 is 0 Å². The summed E-state index contributed by atoms with van der Waals surface area (Å²) in [4.78, 5) is 19.7. The molecular weight excluding hydrogens is 236 g/mol. The summed E-state index contributed by atoms with van der Waals surface area (Å²) in [5, 5.41) is 0. The summed E-state index contributed by atoms with van der Waals surface area (Å²) >= 11 is 5.27. The molecule has 2 aromatic rings. The molecule has 1 N–H and O–H groups in total. The van der Waals surface area contributed by atoms with Gasteiger partial charge in [0.05, 0.1) is 0 Å². The zero-order valence-electron chi connectivity index (χ0n) is 10.4. The average Bonchev–Trinajstić information content (AvgIpc) is 2.72. The van der Waals surface area contributed by atoms with Gasteiger partial charge in [-0.1, -0.05) is 26.1 Å². The molecule has 0 aliphatic rings. The Labute approximate surface area is 104 Å². The van der Waals surface area contributed by atoms with Gasteiger partial charge in [0.25, 0.3) is 0 Å². The standard InChI is InChI=1S/C11H16N4OS/c1-5-15-9-7(10(17)14(4)11(15)16)12-8(13-9)6(2)3/h6H,5H2,1-4H3,(H,12,13). The second-order valence-electron chi connectivity index (χ2n) is 4.37. The van der Waals surface area contributed by atoms with Crippen LogP contribution in [0.15, 0.2) is 4.79 Å². The molecule has 0 amide bonds. The number of nitrogens with one attached hydrogen (secondary N) is 1. The quantitative estimate of drug-likeness (QED) is 0.831. The van der Waals surface area contributed by atoms with Crippen molar-refractivity contribution in [3.05, 3.63) is 20.9 Å². The first-order valence-corrected chi connectivity index (χ1v) is 6.07.